The number of carbonyl (C=O) groups is 1. The number of hydrogen-bond acceptors (Lipinski definition) is 5. The van der Waals surface area contributed by atoms with Crippen LogP contribution in [0.1, 0.15) is 25.0 Å². The van der Waals surface area contributed by atoms with Crippen LogP contribution in [0.2, 0.25) is 0 Å². The van der Waals surface area contributed by atoms with Gasteiger partial charge in [-0.05, 0) is 49.4 Å². The number of anilines is 2. The van der Waals surface area contributed by atoms with Gasteiger partial charge in [-0.25, -0.2) is 4.98 Å². The van der Waals surface area contributed by atoms with Crippen molar-refractivity contribution in [3.05, 3.63) is 41.4 Å². The van der Waals surface area contributed by atoms with Crippen molar-refractivity contribution in [2.75, 3.05) is 36.9 Å². The van der Waals surface area contributed by atoms with Crippen LogP contribution in [0.15, 0.2) is 40.7 Å². The SMILES string of the molecule is CN=C(NCCC(=O)Nc1cccc(C)n1)NC1CCN(c2cccs2)CC1. The monoisotopic (exact) mass is 400 g/mol. The largest absolute Gasteiger partial charge is 0.363 e. The third kappa shape index (κ3) is 5.95. The number of aliphatic imine (C=N–C) groups is 1. The normalized spacial score (nSPS) is 15.4. The van der Waals surface area contributed by atoms with Crippen LogP contribution in [-0.4, -0.2) is 49.6 Å². The van der Waals surface area contributed by atoms with Crippen molar-refractivity contribution < 1.29 is 4.79 Å². The lowest BCUT2D eigenvalue weighted by molar-refractivity contribution is -0.116. The van der Waals surface area contributed by atoms with Crippen LogP contribution in [0.4, 0.5) is 10.8 Å². The van der Waals surface area contributed by atoms with Gasteiger partial charge in [0.15, 0.2) is 5.96 Å². The zero-order chi connectivity index (χ0) is 19.8. The minimum absolute atomic E-state index is 0.0645. The van der Waals surface area contributed by atoms with E-state index in [0.29, 0.717) is 24.8 Å². The first kappa shape index (κ1) is 20.1. The van der Waals surface area contributed by atoms with Crippen LogP contribution in [0.5, 0.6) is 0 Å². The van der Waals surface area contributed by atoms with Gasteiger partial charge in [0, 0.05) is 44.8 Å². The molecule has 2 aromatic rings. The van der Waals surface area contributed by atoms with Gasteiger partial charge in [-0.3, -0.25) is 9.79 Å². The molecule has 150 valence electrons. The number of thiophene rings is 1. The molecule has 3 N–H and O–H groups in total. The molecule has 1 aliphatic heterocycles. The van der Waals surface area contributed by atoms with Crippen molar-refractivity contribution in [2.24, 2.45) is 4.99 Å². The first-order valence-corrected chi connectivity index (χ1v) is 10.5. The maximum Gasteiger partial charge on any atom is 0.227 e. The van der Waals surface area contributed by atoms with Gasteiger partial charge in [-0.2, -0.15) is 0 Å². The second kappa shape index (κ2) is 10.1. The summed E-state index contributed by atoms with van der Waals surface area (Å²) in [6, 6.07) is 10.2. The number of piperidine rings is 1. The Labute approximate surface area is 170 Å². The van der Waals surface area contributed by atoms with Crippen molar-refractivity contribution in [1.82, 2.24) is 15.6 Å². The summed E-state index contributed by atoms with van der Waals surface area (Å²) in [4.78, 5) is 23.1. The van der Waals surface area contributed by atoms with Crippen molar-refractivity contribution in [3.63, 3.8) is 0 Å². The van der Waals surface area contributed by atoms with Gasteiger partial charge in [0.05, 0.1) is 5.00 Å². The Bertz CT molecular complexity index is 784. The molecule has 3 rings (SSSR count). The lowest BCUT2D eigenvalue weighted by Gasteiger charge is -2.33. The lowest BCUT2D eigenvalue weighted by atomic mass is 10.1. The molecule has 0 radical (unpaired) electrons. The minimum atomic E-state index is -0.0645. The van der Waals surface area contributed by atoms with E-state index in [2.05, 4.69) is 48.3 Å². The van der Waals surface area contributed by atoms with Crippen LogP contribution in [-0.2, 0) is 4.79 Å². The number of amides is 1. The van der Waals surface area contributed by atoms with Crippen LogP contribution in [0.25, 0.3) is 0 Å². The Morgan fingerprint density at radius 1 is 1.29 bits per heavy atom. The highest BCUT2D eigenvalue weighted by Crippen LogP contribution is 2.24. The Morgan fingerprint density at radius 3 is 2.79 bits per heavy atom. The van der Waals surface area contributed by atoms with Crippen LogP contribution in [0, 0.1) is 6.92 Å². The van der Waals surface area contributed by atoms with Gasteiger partial charge >= 0.3 is 0 Å². The summed E-state index contributed by atoms with van der Waals surface area (Å²) in [6.07, 6.45) is 2.49. The van der Waals surface area contributed by atoms with Crippen molar-refractivity contribution in [2.45, 2.75) is 32.2 Å². The summed E-state index contributed by atoms with van der Waals surface area (Å²) < 4.78 is 0. The van der Waals surface area contributed by atoms with E-state index in [1.54, 1.807) is 24.5 Å². The number of pyridine rings is 1. The van der Waals surface area contributed by atoms with Crippen LogP contribution >= 0.6 is 11.3 Å². The van der Waals surface area contributed by atoms with E-state index in [4.69, 9.17) is 0 Å². The number of guanidine groups is 1. The number of nitrogens with one attached hydrogen (secondary N) is 3. The number of hydrogen-bond donors (Lipinski definition) is 3. The number of aromatic nitrogens is 1. The molecule has 1 fully saturated rings. The first-order chi connectivity index (χ1) is 13.6. The van der Waals surface area contributed by atoms with E-state index in [1.807, 2.05) is 19.1 Å². The van der Waals surface area contributed by atoms with Gasteiger partial charge in [0.25, 0.3) is 0 Å². The fourth-order valence-electron chi connectivity index (χ4n) is 3.19. The summed E-state index contributed by atoms with van der Waals surface area (Å²) in [5, 5.41) is 13.0. The summed E-state index contributed by atoms with van der Waals surface area (Å²) in [5.41, 5.74) is 0.880. The van der Waals surface area contributed by atoms with Crippen molar-refractivity contribution in [3.8, 4) is 0 Å². The number of rotatable bonds is 6. The Kier molecular flexibility index (Phi) is 7.25. The molecule has 0 aromatic carbocycles. The molecule has 8 heteroatoms. The van der Waals surface area contributed by atoms with Gasteiger partial charge < -0.3 is 20.9 Å². The highest BCUT2D eigenvalue weighted by atomic mass is 32.1. The molecule has 0 unspecified atom stereocenters. The van der Waals surface area contributed by atoms with E-state index < -0.39 is 0 Å². The van der Waals surface area contributed by atoms with Crippen LogP contribution < -0.4 is 20.9 Å². The smallest absolute Gasteiger partial charge is 0.227 e. The van der Waals surface area contributed by atoms with E-state index in [1.165, 1.54) is 5.00 Å². The second-order valence-corrected chi connectivity index (χ2v) is 7.74. The maximum atomic E-state index is 12.1. The molecule has 0 atom stereocenters. The molecule has 28 heavy (non-hydrogen) atoms. The minimum Gasteiger partial charge on any atom is -0.363 e. The fourth-order valence-corrected chi connectivity index (χ4v) is 3.98. The number of nitrogens with zero attached hydrogens (tertiary/aromatic N) is 3. The summed E-state index contributed by atoms with van der Waals surface area (Å²) in [5.74, 6) is 1.27. The van der Waals surface area contributed by atoms with E-state index in [0.717, 1.165) is 37.6 Å². The van der Waals surface area contributed by atoms with Crippen molar-refractivity contribution in [1.29, 1.82) is 0 Å². The van der Waals surface area contributed by atoms with Crippen molar-refractivity contribution >= 4 is 34.0 Å². The molecular weight excluding hydrogens is 372 g/mol. The molecular formula is C20H28N6OS. The third-order valence-electron chi connectivity index (χ3n) is 4.68. The first-order valence-electron chi connectivity index (χ1n) is 9.63. The standard InChI is InChI=1S/C20H28N6OS/c1-15-5-3-6-17(23-15)25-18(27)8-11-22-20(21-2)24-16-9-12-26(13-10-16)19-7-4-14-28-19/h3-7,14,16H,8-13H2,1-2H3,(H2,21,22,24)(H,23,25,27). The predicted molar refractivity (Wildman–Crippen MR) is 116 cm³/mol. The average Bonchev–Trinajstić information content (AvgIpc) is 3.22. The molecule has 1 saturated heterocycles. The van der Waals surface area contributed by atoms with Crippen LogP contribution in [0.3, 0.4) is 0 Å². The molecule has 1 aliphatic rings. The molecule has 7 nitrogen and oxygen atoms in total. The quantitative estimate of drug-likeness (QED) is 0.513. The highest BCUT2D eigenvalue weighted by Gasteiger charge is 2.20. The maximum absolute atomic E-state index is 12.1. The Morgan fingerprint density at radius 2 is 2.11 bits per heavy atom. The zero-order valence-electron chi connectivity index (χ0n) is 16.4. The molecule has 0 bridgehead atoms. The molecule has 3 heterocycles. The van der Waals surface area contributed by atoms with Gasteiger partial charge in [-0.15, -0.1) is 11.3 Å². The Hall–Kier alpha value is -2.61. The fraction of sp³-hybridized carbons (Fsp3) is 0.450. The summed E-state index contributed by atoms with van der Waals surface area (Å²) in [7, 11) is 1.76. The van der Waals surface area contributed by atoms with E-state index in [-0.39, 0.29) is 5.91 Å². The van der Waals surface area contributed by atoms with Gasteiger partial charge in [-0.1, -0.05) is 6.07 Å². The zero-order valence-corrected chi connectivity index (χ0v) is 17.3. The van der Waals surface area contributed by atoms with Gasteiger partial charge in [0.2, 0.25) is 5.91 Å². The highest BCUT2D eigenvalue weighted by molar-refractivity contribution is 7.14. The third-order valence-corrected chi connectivity index (χ3v) is 5.61. The van der Waals surface area contributed by atoms with Gasteiger partial charge in [0.1, 0.15) is 5.82 Å². The summed E-state index contributed by atoms with van der Waals surface area (Å²) >= 11 is 1.79. The average molecular weight is 401 g/mol. The summed E-state index contributed by atoms with van der Waals surface area (Å²) in [6.45, 7) is 4.51. The molecule has 1 amide bonds. The molecule has 0 aliphatic carbocycles. The lowest BCUT2D eigenvalue weighted by Crippen LogP contribution is -2.49. The molecule has 0 spiro atoms. The predicted octanol–water partition coefficient (Wildman–Crippen LogP) is 2.61. The Balaban J connectivity index is 1.36. The number of carbonyl (C=O) groups excluding carboxylic acids is 1. The molecule has 0 saturated carbocycles. The topological polar surface area (TPSA) is 81.6 Å². The molecule has 2 aromatic heterocycles. The van der Waals surface area contributed by atoms with E-state index >= 15 is 0 Å². The second-order valence-electron chi connectivity index (χ2n) is 6.82. The number of aryl methyl sites for hydroxylation is 1. The van der Waals surface area contributed by atoms with E-state index in [9.17, 15) is 4.79 Å².